The van der Waals surface area contributed by atoms with E-state index < -0.39 is 0 Å². The quantitative estimate of drug-likeness (QED) is 0.689. The van der Waals surface area contributed by atoms with E-state index in [1.54, 1.807) is 0 Å². The van der Waals surface area contributed by atoms with Crippen LogP contribution >= 0.6 is 12.4 Å². The SMILES string of the molecule is COC(=O)CC[C@@H](N)C(C)C.Cl. The van der Waals surface area contributed by atoms with Gasteiger partial charge in [0.2, 0.25) is 0 Å². The lowest BCUT2D eigenvalue weighted by atomic mass is 10.0. The average molecular weight is 196 g/mol. The fraction of sp³-hybridized carbons (Fsp3) is 0.875. The molecule has 0 aliphatic rings. The summed E-state index contributed by atoms with van der Waals surface area (Å²) in [6.45, 7) is 4.09. The normalized spacial score (nSPS) is 12.1. The van der Waals surface area contributed by atoms with Crippen molar-refractivity contribution in [1.29, 1.82) is 0 Å². The molecule has 0 radical (unpaired) electrons. The van der Waals surface area contributed by atoms with Gasteiger partial charge in [-0.2, -0.15) is 0 Å². The zero-order valence-corrected chi connectivity index (χ0v) is 8.69. The van der Waals surface area contributed by atoms with Crippen molar-refractivity contribution in [3.8, 4) is 0 Å². The Bertz CT molecular complexity index is 128. The number of carbonyl (C=O) groups is 1. The van der Waals surface area contributed by atoms with Crippen molar-refractivity contribution in [2.24, 2.45) is 11.7 Å². The molecule has 4 heteroatoms. The number of hydrogen-bond acceptors (Lipinski definition) is 3. The van der Waals surface area contributed by atoms with Crippen molar-refractivity contribution in [2.45, 2.75) is 32.7 Å². The Morgan fingerprint density at radius 2 is 2.00 bits per heavy atom. The molecule has 0 rings (SSSR count). The number of methoxy groups -OCH3 is 1. The Balaban J connectivity index is 0. The molecule has 0 unspecified atom stereocenters. The molecule has 0 aromatic carbocycles. The fourth-order valence-corrected chi connectivity index (χ4v) is 0.720. The first-order valence-corrected chi connectivity index (χ1v) is 3.90. The monoisotopic (exact) mass is 195 g/mol. The highest BCUT2D eigenvalue weighted by Gasteiger charge is 2.09. The number of esters is 1. The van der Waals surface area contributed by atoms with Crippen molar-refractivity contribution < 1.29 is 9.53 Å². The van der Waals surface area contributed by atoms with E-state index >= 15 is 0 Å². The van der Waals surface area contributed by atoms with E-state index in [-0.39, 0.29) is 24.4 Å². The molecular formula is C8H18ClNO2. The van der Waals surface area contributed by atoms with E-state index in [1.165, 1.54) is 7.11 Å². The lowest BCUT2D eigenvalue weighted by Gasteiger charge is -2.13. The first kappa shape index (κ1) is 14.3. The second-order valence-corrected chi connectivity index (χ2v) is 3.02. The maximum atomic E-state index is 10.7. The van der Waals surface area contributed by atoms with Crippen LogP contribution in [0.3, 0.4) is 0 Å². The first-order valence-electron chi connectivity index (χ1n) is 3.90. The molecule has 0 aromatic heterocycles. The summed E-state index contributed by atoms with van der Waals surface area (Å²) in [7, 11) is 1.39. The maximum Gasteiger partial charge on any atom is 0.305 e. The summed E-state index contributed by atoms with van der Waals surface area (Å²) in [5.41, 5.74) is 5.71. The summed E-state index contributed by atoms with van der Waals surface area (Å²) < 4.78 is 4.49. The molecule has 3 nitrogen and oxygen atoms in total. The van der Waals surface area contributed by atoms with E-state index in [0.29, 0.717) is 18.8 Å². The smallest absolute Gasteiger partial charge is 0.305 e. The van der Waals surface area contributed by atoms with Gasteiger partial charge in [-0.15, -0.1) is 12.4 Å². The highest BCUT2D eigenvalue weighted by molar-refractivity contribution is 5.85. The summed E-state index contributed by atoms with van der Waals surface area (Å²) >= 11 is 0. The minimum atomic E-state index is -0.180. The van der Waals surface area contributed by atoms with Crippen molar-refractivity contribution in [3.63, 3.8) is 0 Å². The van der Waals surface area contributed by atoms with Gasteiger partial charge in [0.1, 0.15) is 0 Å². The van der Waals surface area contributed by atoms with Crippen molar-refractivity contribution in [2.75, 3.05) is 7.11 Å². The van der Waals surface area contributed by atoms with E-state index in [9.17, 15) is 4.79 Å². The summed E-state index contributed by atoms with van der Waals surface area (Å²) in [6, 6.07) is 0.106. The minimum Gasteiger partial charge on any atom is -0.469 e. The van der Waals surface area contributed by atoms with E-state index in [0.717, 1.165) is 0 Å². The van der Waals surface area contributed by atoms with Crippen LogP contribution in [0.25, 0.3) is 0 Å². The van der Waals surface area contributed by atoms with E-state index in [4.69, 9.17) is 5.73 Å². The first-order chi connectivity index (χ1) is 5.07. The molecule has 1 atom stereocenters. The van der Waals surface area contributed by atoms with Gasteiger partial charge in [0.25, 0.3) is 0 Å². The van der Waals surface area contributed by atoms with Gasteiger partial charge in [0.05, 0.1) is 7.11 Å². The zero-order valence-electron chi connectivity index (χ0n) is 7.87. The summed E-state index contributed by atoms with van der Waals surface area (Å²) in [6.07, 6.45) is 1.14. The van der Waals surface area contributed by atoms with E-state index in [2.05, 4.69) is 4.74 Å². The van der Waals surface area contributed by atoms with Crippen LogP contribution < -0.4 is 5.73 Å². The Labute approximate surface area is 80.1 Å². The number of hydrogen-bond donors (Lipinski definition) is 1. The number of carbonyl (C=O) groups excluding carboxylic acids is 1. The topological polar surface area (TPSA) is 52.3 Å². The predicted octanol–water partition coefficient (Wildman–Crippen LogP) is 1.34. The second kappa shape index (κ2) is 7.37. The van der Waals surface area contributed by atoms with Gasteiger partial charge in [-0.05, 0) is 12.3 Å². The van der Waals surface area contributed by atoms with Crippen molar-refractivity contribution >= 4 is 18.4 Å². The van der Waals surface area contributed by atoms with Crippen LogP contribution in [0.5, 0.6) is 0 Å². The third-order valence-corrected chi connectivity index (χ3v) is 1.77. The molecule has 0 aliphatic heterocycles. The van der Waals surface area contributed by atoms with Crippen molar-refractivity contribution in [1.82, 2.24) is 0 Å². The lowest BCUT2D eigenvalue weighted by molar-refractivity contribution is -0.140. The molecule has 74 valence electrons. The third kappa shape index (κ3) is 6.43. The Hall–Kier alpha value is -0.280. The van der Waals surface area contributed by atoms with Crippen LogP contribution in [0.2, 0.25) is 0 Å². The fourth-order valence-electron chi connectivity index (χ4n) is 0.720. The van der Waals surface area contributed by atoms with E-state index in [1.807, 2.05) is 13.8 Å². The van der Waals surface area contributed by atoms with Crippen LogP contribution in [0.1, 0.15) is 26.7 Å². The molecule has 12 heavy (non-hydrogen) atoms. The van der Waals surface area contributed by atoms with Gasteiger partial charge in [-0.1, -0.05) is 13.8 Å². The van der Waals surface area contributed by atoms with Crippen LogP contribution in [0, 0.1) is 5.92 Å². The van der Waals surface area contributed by atoms with Crippen molar-refractivity contribution in [3.05, 3.63) is 0 Å². The number of halogens is 1. The van der Waals surface area contributed by atoms with Gasteiger partial charge < -0.3 is 10.5 Å². The Morgan fingerprint density at radius 3 is 2.33 bits per heavy atom. The Morgan fingerprint density at radius 1 is 1.50 bits per heavy atom. The standard InChI is InChI=1S/C8H17NO2.ClH/c1-6(2)7(9)4-5-8(10)11-3;/h6-7H,4-5,9H2,1-3H3;1H/t7-;/m1./s1. The minimum absolute atomic E-state index is 0. The Kier molecular flexibility index (Phi) is 8.76. The van der Waals surface area contributed by atoms with Crippen LogP contribution in [0.15, 0.2) is 0 Å². The summed E-state index contributed by atoms with van der Waals surface area (Å²) in [5, 5.41) is 0. The van der Waals surface area contributed by atoms with Crippen LogP contribution in [-0.2, 0) is 9.53 Å². The maximum absolute atomic E-state index is 10.7. The zero-order chi connectivity index (χ0) is 8.85. The van der Waals surface area contributed by atoms with Gasteiger partial charge in [-0.25, -0.2) is 0 Å². The molecule has 0 saturated heterocycles. The van der Waals surface area contributed by atoms with Gasteiger partial charge in [0, 0.05) is 12.5 Å². The predicted molar refractivity (Wildman–Crippen MR) is 51.3 cm³/mol. The average Bonchev–Trinajstić information content (AvgIpc) is 1.99. The molecule has 0 amide bonds. The molecular weight excluding hydrogens is 178 g/mol. The molecule has 0 heterocycles. The van der Waals surface area contributed by atoms with Gasteiger partial charge in [0.15, 0.2) is 0 Å². The number of nitrogens with two attached hydrogens (primary N) is 1. The van der Waals surface area contributed by atoms with Crippen LogP contribution in [-0.4, -0.2) is 19.1 Å². The highest BCUT2D eigenvalue weighted by Crippen LogP contribution is 2.05. The number of rotatable bonds is 4. The van der Waals surface area contributed by atoms with Gasteiger partial charge >= 0.3 is 5.97 Å². The molecule has 0 bridgehead atoms. The molecule has 0 spiro atoms. The largest absolute Gasteiger partial charge is 0.469 e. The summed E-state index contributed by atoms with van der Waals surface area (Å²) in [5.74, 6) is 0.251. The van der Waals surface area contributed by atoms with Gasteiger partial charge in [-0.3, -0.25) is 4.79 Å². The molecule has 0 aliphatic carbocycles. The van der Waals surface area contributed by atoms with Crippen LogP contribution in [0.4, 0.5) is 0 Å². The third-order valence-electron chi connectivity index (χ3n) is 1.77. The highest BCUT2D eigenvalue weighted by atomic mass is 35.5. The molecule has 0 saturated carbocycles. The summed E-state index contributed by atoms with van der Waals surface area (Å²) in [4.78, 5) is 10.7. The number of ether oxygens (including phenoxy) is 1. The molecule has 0 fully saturated rings. The molecule has 0 aromatic rings. The second-order valence-electron chi connectivity index (χ2n) is 3.02. The lowest BCUT2D eigenvalue weighted by Crippen LogP contribution is -2.27. The molecule has 2 N–H and O–H groups in total.